The van der Waals surface area contributed by atoms with Crippen LogP contribution in [0.15, 0.2) is 18.2 Å². The molecule has 5 nitrogen and oxygen atoms in total. The molecule has 0 spiro atoms. The zero-order valence-corrected chi connectivity index (χ0v) is 11.7. The SMILES string of the molecule is CCOc1ccc(NC(=O)CC(C)CN)cc1OC. The molecule has 0 saturated heterocycles. The van der Waals surface area contributed by atoms with E-state index < -0.39 is 0 Å². The van der Waals surface area contributed by atoms with Crippen LogP contribution < -0.4 is 20.5 Å². The van der Waals surface area contributed by atoms with Gasteiger partial charge in [0.2, 0.25) is 5.91 Å². The zero-order chi connectivity index (χ0) is 14.3. The minimum Gasteiger partial charge on any atom is -0.493 e. The predicted molar refractivity (Wildman–Crippen MR) is 75.6 cm³/mol. The van der Waals surface area contributed by atoms with Crippen LogP contribution in [-0.4, -0.2) is 26.2 Å². The Morgan fingerprint density at radius 2 is 2.16 bits per heavy atom. The highest BCUT2D eigenvalue weighted by atomic mass is 16.5. The molecule has 1 aromatic rings. The van der Waals surface area contributed by atoms with Gasteiger partial charge in [0, 0.05) is 18.2 Å². The molecule has 106 valence electrons. The van der Waals surface area contributed by atoms with Crippen molar-refractivity contribution in [3.63, 3.8) is 0 Å². The quantitative estimate of drug-likeness (QED) is 0.792. The lowest BCUT2D eigenvalue weighted by molar-refractivity contribution is -0.116. The summed E-state index contributed by atoms with van der Waals surface area (Å²) < 4.78 is 10.6. The summed E-state index contributed by atoms with van der Waals surface area (Å²) in [6.45, 7) is 4.91. The van der Waals surface area contributed by atoms with Crippen molar-refractivity contribution in [1.82, 2.24) is 0 Å². The molecule has 5 heteroatoms. The lowest BCUT2D eigenvalue weighted by atomic mass is 10.1. The van der Waals surface area contributed by atoms with Crippen molar-refractivity contribution in [2.24, 2.45) is 11.7 Å². The van der Waals surface area contributed by atoms with E-state index >= 15 is 0 Å². The first kappa shape index (κ1) is 15.3. The number of carbonyl (C=O) groups is 1. The highest BCUT2D eigenvalue weighted by Gasteiger charge is 2.10. The molecule has 0 fully saturated rings. The summed E-state index contributed by atoms with van der Waals surface area (Å²) in [4.78, 5) is 11.8. The average Bonchev–Trinajstić information content (AvgIpc) is 2.40. The van der Waals surface area contributed by atoms with E-state index in [9.17, 15) is 4.79 Å². The second kappa shape index (κ2) is 7.63. The molecular formula is C14H22N2O3. The first-order valence-electron chi connectivity index (χ1n) is 6.41. The van der Waals surface area contributed by atoms with Gasteiger partial charge < -0.3 is 20.5 Å². The summed E-state index contributed by atoms with van der Waals surface area (Å²) in [6, 6.07) is 5.32. The van der Waals surface area contributed by atoms with Crippen LogP contribution in [0.2, 0.25) is 0 Å². The van der Waals surface area contributed by atoms with Crippen LogP contribution in [0.4, 0.5) is 5.69 Å². The molecule has 1 unspecified atom stereocenters. The Kier molecular flexibility index (Phi) is 6.15. The molecule has 0 aliphatic carbocycles. The van der Waals surface area contributed by atoms with E-state index in [-0.39, 0.29) is 11.8 Å². The number of hydrogen-bond donors (Lipinski definition) is 2. The predicted octanol–water partition coefficient (Wildman–Crippen LogP) is 2.02. The third-order valence-electron chi connectivity index (χ3n) is 2.68. The second-order valence-electron chi connectivity index (χ2n) is 4.39. The van der Waals surface area contributed by atoms with E-state index in [1.165, 1.54) is 0 Å². The van der Waals surface area contributed by atoms with Crippen molar-refractivity contribution < 1.29 is 14.3 Å². The van der Waals surface area contributed by atoms with Crippen molar-refractivity contribution in [2.75, 3.05) is 25.6 Å². The third-order valence-corrected chi connectivity index (χ3v) is 2.68. The Bertz CT molecular complexity index is 421. The number of rotatable bonds is 7. The fraction of sp³-hybridized carbons (Fsp3) is 0.500. The molecule has 0 heterocycles. The molecule has 0 saturated carbocycles. The number of carbonyl (C=O) groups excluding carboxylic acids is 1. The van der Waals surface area contributed by atoms with Gasteiger partial charge in [0.25, 0.3) is 0 Å². The highest BCUT2D eigenvalue weighted by molar-refractivity contribution is 5.91. The van der Waals surface area contributed by atoms with E-state index in [0.717, 1.165) is 0 Å². The molecule has 1 atom stereocenters. The molecule has 0 aromatic heterocycles. The minimum atomic E-state index is -0.0517. The number of ether oxygens (including phenoxy) is 2. The lowest BCUT2D eigenvalue weighted by Gasteiger charge is -2.12. The summed E-state index contributed by atoms with van der Waals surface area (Å²) in [5.41, 5.74) is 6.19. The molecule has 0 aliphatic rings. The van der Waals surface area contributed by atoms with Gasteiger partial charge >= 0.3 is 0 Å². The fourth-order valence-corrected chi connectivity index (χ4v) is 1.63. The maximum absolute atomic E-state index is 11.8. The largest absolute Gasteiger partial charge is 0.493 e. The van der Waals surface area contributed by atoms with Gasteiger partial charge in [0.15, 0.2) is 11.5 Å². The van der Waals surface area contributed by atoms with Crippen LogP contribution in [0.5, 0.6) is 11.5 Å². The summed E-state index contributed by atoms with van der Waals surface area (Å²) >= 11 is 0. The molecule has 0 bridgehead atoms. The molecule has 1 aromatic carbocycles. The van der Waals surface area contributed by atoms with Crippen LogP contribution in [-0.2, 0) is 4.79 Å². The summed E-state index contributed by atoms with van der Waals surface area (Å²) in [5, 5.41) is 2.82. The summed E-state index contributed by atoms with van der Waals surface area (Å²) in [7, 11) is 1.57. The smallest absolute Gasteiger partial charge is 0.224 e. The van der Waals surface area contributed by atoms with Crippen LogP contribution in [0.3, 0.4) is 0 Å². The Hall–Kier alpha value is -1.75. The average molecular weight is 266 g/mol. The lowest BCUT2D eigenvalue weighted by Crippen LogP contribution is -2.20. The standard InChI is InChI=1S/C14H22N2O3/c1-4-19-12-6-5-11(8-13(12)18-3)16-14(17)7-10(2)9-15/h5-6,8,10H,4,7,9,15H2,1-3H3,(H,16,17). The fourth-order valence-electron chi connectivity index (χ4n) is 1.63. The molecule has 3 N–H and O–H groups in total. The second-order valence-corrected chi connectivity index (χ2v) is 4.39. The Morgan fingerprint density at radius 3 is 2.74 bits per heavy atom. The first-order chi connectivity index (χ1) is 9.10. The van der Waals surface area contributed by atoms with E-state index in [1.54, 1.807) is 25.3 Å². The molecule has 1 amide bonds. The number of anilines is 1. The van der Waals surface area contributed by atoms with Gasteiger partial charge in [-0.1, -0.05) is 6.92 Å². The number of methoxy groups -OCH3 is 1. The van der Waals surface area contributed by atoms with Gasteiger partial charge in [0.1, 0.15) is 0 Å². The van der Waals surface area contributed by atoms with Gasteiger partial charge in [0.05, 0.1) is 13.7 Å². The van der Waals surface area contributed by atoms with Gasteiger partial charge in [-0.15, -0.1) is 0 Å². The van der Waals surface area contributed by atoms with Crippen molar-refractivity contribution in [2.45, 2.75) is 20.3 Å². The number of hydrogen-bond acceptors (Lipinski definition) is 4. The monoisotopic (exact) mass is 266 g/mol. The van der Waals surface area contributed by atoms with Crippen molar-refractivity contribution >= 4 is 11.6 Å². The van der Waals surface area contributed by atoms with Crippen molar-refractivity contribution in [3.8, 4) is 11.5 Å². The number of nitrogens with one attached hydrogen (secondary N) is 1. The number of nitrogens with two attached hydrogens (primary N) is 1. The number of amides is 1. The normalized spacial score (nSPS) is 11.8. The van der Waals surface area contributed by atoms with Crippen LogP contribution in [0.25, 0.3) is 0 Å². The molecule has 0 radical (unpaired) electrons. The minimum absolute atomic E-state index is 0.0517. The Labute approximate surface area is 114 Å². The molecule has 0 aliphatic heterocycles. The topological polar surface area (TPSA) is 73.6 Å². The van der Waals surface area contributed by atoms with Crippen molar-refractivity contribution in [1.29, 1.82) is 0 Å². The van der Waals surface area contributed by atoms with Gasteiger partial charge in [-0.25, -0.2) is 0 Å². The maximum Gasteiger partial charge on any atom is 0.224 e. The molecule has 19 heavy (non-hydrogen) atoms. The van der Waals surface area contributed by atoms with Crippen molar-refractivity contribution in [3.05, 3.63) is 18.2 Å². The zero-order valence-electron chi connectivity index (χ0n) is 11.7. The van der Waals surface area contributed by atoms with E-state index in [1.807, 2.05) is 13.8 Å². The van der Waals surface area contributed by atoms with E-state index in [0.29, 0.717) is 36.8 Å². The Balaban J connectivity index is 2.71. The first-order valence-corrected chi connectivity index (χ1v) is 6.41. The summed E-state index contributed by atoms with van der Waals surface area (Å²) in [5.74, 6) is 1.39. The van der Waals surface area contributed by atoms with Gasteiger partial charge in [-0.05, 0) is 31.5 Å². The van der Waals surface area contributed by atoms with E-state index in [4.69, 9.17) is 15.2 Å². The summed E-state index contributed by atoms with van der Waals surface area (Å²) in [6.07, 6.45) is 0.409. The Morgan fingerprint density at radius 1 is 1.42 bits per heavy atom. The maximum atomic E-state index is 11.8. The highest BCUT2D eigenvalue weighted by Crippen LogP contribution is 2.30. The third kappa shape index (κ3) is 4.79. The van der Waals surface area contributed by atoms with E-state index in [2.05, 4.69) is 5.32 Å². The van der Waals surface area contributed by atoms with Gasteiger partial charge in [-0.3, -0.25) is 4.79 Å². The van der Waals surface area contributed by atoms with Crippen LogP contribution in [0, 0.1) is 5.92 Å². The molecular weight excluding hydrogens is 244 g/mol. The van der Waals surface area contributed by atoms with Crippen LogP contribution in [0.1, 0.15) is 20.3 Å². The van der Waals surface area contributed by atoms with Crippen LogP contribution >= 0.6 is 0 Å². The van der Waals surface area contributed by atoms with Gasteiger partial charge in [-0.2, -0.15) is 0 Å². The number of benzene rings is 1. The molecule has 1 rings (SSSR count).